The normalized spacial score (nSPS) is 10.6. The topological polar surface area (TPSA) is 18.5 Å². The van der Waals surface area contributed by atoms with Crippen LogP contribution in [0.5, 0.6) is 11.5 Å². The molecule has 0 N–H and O–H groups in total. The van der Waals surface area contributed by atoms with E-state index in [1.54, 1.807) is 0 Å². The predicted octanol–water partition coefficient (Wildman–Crippen LogP) is 6.71. The molecule has 3 rings (SSSR count). The predicted molar refractivity (Wildman–Crippen MR) is 171 cm³/mol. The lowest BCUT2D eigenvalue weighted by Crippen LogP contribution is -2.36. The highest BCUT2D eigenvalue weighted by atomic mass is 16.5. The maximum atomic E-state index is 6.30. The van der Waals surface area contributed by atoms with Crippen molar-refractivity contribution in [1.82, 2.24) is 0 Å². The first-order valence-electron chi connectivity index (χ1n) is 13.3. The van der Waals surface area contributed by atoms with Gasteiger partial charge < -0.3 is 18.4 Å². The van der Waals surface area contributed by atoms with Gasteiger partial charge in [0.25, 0.3) is 0 Å². The van der Waals surface area contributed by atoms with Crippen LogP contribution in [0.1, 0.15) is 49.9 Å². The van der Waals surface area contributed by atoms with Gasteiger partial charge in [0, 0.05) is 36.1 Å². The number of rotatable bonds is 10. The molecule has 0 fully saturated rings. The number of nitrogens with zero attached hydrogens (tertiary/aromatic N) is 2. The molecule has 0 heterocycles. The van der Waals surface area contributed by atoms with Crippen LogP contribution in [0, 0.1) is 23.7 Å². The first kappa shape index (κ1) is 34.3. The lowest BCUT2D eigenvalue weighted by molar-refractivity contribution is -0.870. The Bertz CT molecular complexity index is 1180. The minimum atomic E-state index is 0. The Kier molecular flexibility index (Phi) is 14.1. The fourth-order valence-electron chi connectivity index (χ4n) is 3.76. The number of hydrogen-bond donors (Lipinski definition) is 0. The van der Waals surface area contributed by atoms with Crippen LogP contribution in [0.25, 0.3) is 0 Å². The molecule has 0 aliphatic heterocycles. The molecule has 0 atom stereocenters. The average Bonchev–Trinajstić information content (AvgIpc) is 2.87. The van der Waals surface area contributed by atoms with Crippen LogP contribution >= 0.6 is 0 Å². The first-order valence-corrected chi connectivity index (χ1v) is 13.3. The van der Waals surface area contributed by atoms with Crippen molar-refractivity contribution < 1.29 is 18.4 Å². The Balaban J connectivity index is 0.00000400. The molecule has 0 aliphatic carbocycles. The quantitative estimate of drug-likeness (QED) is 0.161. The summed E-state index contributed by atoms with van der Waals surface area (Å²) in [4.78, 5) is 0. The van der Waals surface area contributed by atoms with E-state index < -0.39 is 0 Å². The molecule has 0 radical (unpaired) electrons. The molecule has 0 amide bonds. The molecule has 3 aromatic rings. The Morgan fingerprint density at radius 2 is 0.875 bits per heavy atom. The van der Waals surface area contributed by atoms with Gasteiger partial charge in [-0.25, -0.2) is 0 Å². The van der Waals surface area contributed by atoms with Gasteiger partial charge in [0.15, 0.2) is 0 Å². The van der Waals surface area contributed by atoms with E-state index >= 15 is 0 Å². The van der Waals surface area contributed by atoms with E-state index in [9.17, 15) is 0 Å². The summed E-state index contributed by atoms with van der Waals surface area (Å²) >= 11 is 0. The number of ether oxygens (including phenoxy) is 2. The van der Waals surface area contributed by atoms with Gasteiger partial charge in [0.1, 0.15) is 11.5 Å². The lowest BCUT2D eigenvalue weighted by atomic mass is 10.1. The van der Waals surface area contributed by atoms with Crippen LogP contribution in [0.3, 0.4) is 0 Å². The van der Waals surface area contributed by atoms with Crippen molar-refractivity contribution in [2.45, 2.75) is 27.7 Å². The maximum Gasteiger partial charge on any atom is 0.136 e. The van der Waals surface area contributed by atoms with Crippen molar-refractivity contribution in [2.24, 2.45) is 0 Å². The zero-order valence-corrected chi connectivity index (χ0v) is 23.9. The van der Waals surface area contributed by atoms with Crippen molar-refractivity contribution in [3.63, 3.8) is 0 Å². The fraction of sp³-hybridized carbons (Fsp3) is 0.389. The van der Waals surface area contributed by atoms with Crippen LogP contribution in [0.2, 0.25) is 0 Å². The number of hydrogen-bond acceptors (Lipinski definition) is 2. The third kappa shape index (κ3) is 12.9. The van der Waals surface area contributed by atoms with Gasteiger partial charge in [-0.2, -0.15) is 0 Å². The molecule has 0 bridgehead atoms. The molecule has 3 aromatic carbocycles. The fourth-order valence-corrected chi connectivity index (χ4v) is 3.76. The van der Waals surface area contributed by atoms with Gasteiger partial charge in [-0.1, -0.05) is 74.9 Å². The van der Waals surface area contributed by atoms with Gasteiger partial charge in [-0.15, -0.1) is 0 Å². The van der Waals surface area contributed by atoms with Crippen LogP contribution in [-0.2, 0) is 0 Å². The van der Waals surface area contributed by atoms with Crippen molar-refractivity contribution in [2.75, 3.05) is 68.6 Å². The summed E-state index contributed by atoms with van der Waals surface area (Å²) in [5.74, 6) is 14.7. The van der Waals surface area contributed by atoms with E-state index in [2.05, 4.69) is 66.0 Å². The van der Waals surface area contributed by atoms with Crippen LogP contribution in [0.4, 0.5) is 0 Å². The van der Waals surface area contributed by atoms with Gasteiger partial charge >= 0.3 is 0 Å². The Labute approximate surface area is 244 Å². The molecule has 0 aliphatic rings. The highest BCUT2D eigenvalue weighted by molar-refractivity contribution is 5.60. The average molecular weight is 543 g/mol. The molecule has 0 unspecified atom stereocenters. The second kappa shape index (κ2) is 16.4. The summed E-state index contributed by atoms with van der Waals surface area (Å²) in [6, 6.07) is 24.0. The summed E-state index contributed by atoms with van der Waals surface area (Å²) in [5.41, 5.74) is 3.54. The minimum absolute atomic E-state index is 0. The Morgan fingerprint density at radius 3 is 1.20 bits per heavy atom. The zero-order valence-electron chi connectivity index (χ0n) is 23.9. The summed E-state index contributed by atoms with van der Waals surface area (Å²) in [5, 5.41) is 0. The molecule has 0 aromatic heterocycles. The monoisotopic (exact) mass is 542 g/mol. The Hall–Kier alpha value is -3.70. The third-order valence-electron chi connectivity index (χ3n) is 5.77. The van der Waals surface area contributed by atoms with E-state index in [4.69, 9.17) is 9.47 Å². The van der Waals surface area contributed by atoms with Gasteiger partial charge in [-0.3, -0.25) is 0 Å². The molecule has 40 heavy (non-hydrogen) atoms. The van der Waals surface area contributed by atoms with Crippen LogP contribution in [0.15, 0.2) is 72.8 Å². The molecule has 0 saturated carbocycles. The van der Waals surface area contributed by atoms with Gasteiger partial charge in [-0.05, 0) is 24.3 Å². The van der Waals surface area contributed by atoms with Crippen molar-refractivity contribution >= 4 is 0 Å². The van der Waals surface area contributed by atoms with E-state index in [0.717, 1.165) is 68.7 Å². The Morgan fingerprint density at radius 1 is 0.525 bits per heavy atom. The third-order valence-corrected chi connectivity index (χ3v) is 5.77. The molecular formula is C36H50N2O2+2. The molecular weight excluding hydrogens is 492 g/mol. The summed E-state index contributed by atoms with van der Waals surface area (Å²) in [6.45, 7) is 3.29. The molecule has 4 heteroatoms. The van der Waals surface area contributed by atoms with Crippen LogP contribution < -0.4 is 9.47 Å². The van der Waals surface area contributed by atoms with Gasteiger partial charge in [0.05, 0.1) is 79.7 Å². The molecule has 0 saturated heterocycles. The highest BCUT2D eigenvalue weighted by Gasteiger charge is 2.13. The standard InChI is InChI=1S/C34H42N2O2.2CH4/c1-35(2,3)23-13-25-37-33-27-32(22-20-30-17-11-8-12-18-30)34(38-26-14-24-36(4,5)6)28-31(33)21-19-29-15-9-7-10-16-29;;/h7-12,15-18,27-28H,13-14,23-26H2,1-6H3;2*1H4/q+2;;. The molecule has 4 nitrogen and oxygen atoms in total. The van der Waals surface area contributed by atoms with E-state index in [-0.39, 0.29) is 14.9 Å². The largest absolute Gasteiger partial charge is 0.492 e. The second-order valence-corrected chi connectivity index (χ2v) is 11.5. The van der Waals surface area contributed by atoms with Crippen LogP contribution in [-0.4, -0.2) is 77.6 Å². The molecule has 0 spiro atoms. The minimum Gasteiger partial charge on any atom is -0.492 e. The number of benzene rings is 3. The van der Waals surface area contributed by atoms with E-state index in [1.807, 2.05) is 72.8 Å². The summed E-state index contributed by atoms with van der Waals surface area (Å²) in [6.07, 6.45) is 1.90. The molecule has 214 valence electrons. The van der Waals surface area contributed by atoms with Gasteiger partial charge in [0.2, 0.25) is 0 Å². The number of quaternary nitrogens is 2. The van der Waals surface area contributed by atoms with Crippen molar-refractivity contribution in [3.05, 3.63) is 95.1 Å². The second-order valence-electron chi connectivity index (χ2n) is 11.5. The lowest BCUT2D eigenvalue weighted by Gasteiger charge is -2.24. The zero-order chi connectivity index (χ0) is 27.4. The smallest absolute Gasteiger partial charge is 0.136 e. The summed E-state index contributed by atoms with van der Waals surface area (Å²) in [7, 11) is 13.2. The SMILES string of the molecule is C.C.C[N+](C)(C)CCCOc1cc(C#Cc2ccccc2)c(OCCC[N+](C)(C)C)cc1C#Cc1ccccc1. The summed E-state index contributed by atoms with van der Waals surface area (Å²) < 4.78 is 14.4. The first-order chi connectivity index (χ1) is 18.1. The van der Waals surface area contributed by atoms with E-state index in [1.165, 1.54) is 0 Å². The van der Waals surface area contributed by atoms with E-state index in [0.29, 0.717) is 13.2 Å². The maximum absolute atomic E-state index is 6.30. The highest BCUT2D eigenvalue weighted by Crippen LogP contribution is 2.29. The van der Waals surface area contributed by atoms with Crippen molar-refractivity contribution in [3.8, 4) is 35.2 Å². The van der Waals surface area contributed by atoms with Crippen molar-refractivity contribution in [1.29, 1.82) is 0 Å².